The van der Waals surface area contributed by atoms with Gasteiger partial charge in [-0.1, -0.05) is 47.1 Å². The van der Waals surface area contributed by atoms with Gasteiger partial charge in [0.05, 0.1) is 16.9 Å². The molecule has 0 amide bonds. The number of benzene rings is 1. The Morgan fingerprint density at radius 2 is 1.88 bits per heavy atom. The Bertz CT molecular complexity index is 1200. The van der Waals surface area contributed by atoms with E-state index in [1.165, 1.54) is 12.8 Å². The van der Waals surface area contributed by atoms with E-state index in [-0.39, 0.29) is 5.56 Å². The molecular formula is C25H27ClN4O2. The summed E-state index contributed by atoms with van der Waals surface area (Å²) < 4.78 is 1.62. The van der Waals surface area contributed by atoms with Gasteiger partial charge < -0.3 is 14.3 Å². The van der Waals surface area contributed by atoms with Crippen LogP contribution >= 0.6 is 11.6 Å². The molecule has 0 radical (unpaired) electrons. The molecule has 1 saturated heterocycles. The molecule has 166 valence electrons. The van der Waals surface area contributed by atoms with Crippen molar-refractivity contribution in [1.82, 2.24) is 9.55 Å². The number of halogens is 1. The van der Waals surface area contributed by atoms with Gasteiger partial charge in [-0.2, -0.15) is 0 Å². The molecule has 1 aliphatic heterocycles. The third-order valence-electron chi connectivity index (χ3n) is 6.50. The maximum atomic E-state index is 12.6. The molecule has 2 fully saturated rings. The van der Waals surface area contributed by atoms with Gasteiger partial charge in [-0.25, -0.2) is 4.98 Å². The van der Waals surface area contributed by atoms with Crippen LogP contribution in [0, 0.1) is 11.8 Å². The number of oxime groups is 1. The summed E-state index contributed by atoms with van der Waals surface area (Å²) in [7, 11) is 1.76. The van der Waals surface area contributed by atoms with Crippen molar-refractivity contribution in [2.45, 2.75) is 25.7 Å². The molecule has 1 aromatic carbocycles. The third kappa shape index (κ3) is 4.37. The van der Waals surface area contributed by atoms with Crippen molar-refractivity contribution in [2.24, 2.45) is 24.0 Å². The molecule has 7 heteroatoms. The first-order chi connectivity index (χ1) is 15.6. The average Bonchev–Trinajstić information content (AvgIpc) is 3.64. The van der Waals surface area contributed by atoms with Gasteiger partial charge in [-0.3, -0.25) is 4.79 Å². The molecular weight excluding hydrogens is 424 g/mol. The first kappa shape index (κ1) is 21.0. The number of pyridine rings is 2. The SMILES string of the molecule is Cn1c(=O)cc(N2CCC(/C(=N/OCC3CC3)c3ccccc3)CC2)c2nc(Cl)ccc21. The molecule has 0 spiro atoms. The first-order valence-corrected chi connectivity index (χ1v) is 11.6. The van der Waals surface area contributed by atoms with Crippen molar-refractivity contribution < 1.29 is 4.84 Å². The Balaban J connectivity index is 1.38. The molecule has 6 nitrogen and oxygen atoms in total. The van der Waals surface area contributed by atoms with Crippen LogP contribution in [0.1, 0.15) is 31.2 Å². The van der Waals surface area contributed by atoms with Gasteiger partial charge in [0.15, 0.2) is 0 Å². The highest BCUT2D eigenvalue weighted by atomic mass is 35.5. The van der Waals surface area contributed by atoms with Crippen molar-refractivity contribution in [3.63, 3.8) is 0 Å². The predicted molar refractivity (Wildman–Crippen MR) is 129 cm³/mol. The van der Waals surface area contributed by atoms with E-state index < -0.39 is 0 Å². The van der Waals surface area contributed by atoms with Crippen LogP contribution in [0.3, 0.4) is 0 Å². The van der Waals surface area contributed by atoms with Gasteiger partial charge in [0.2, 0.25) is 0 Å². The van der Waals surface area contributed by atoms with Gasteiger partial charge in [-0.15, -0.1) is 0 Å². The number of hydrogen-bond donors (Lipinski definition) is 0. The van der Waals surface area contributed by atoms with E-state index in [1.807, 2.05) is 24.3 Å². The van der Waals surface area contributed by atoms with Gasteiger partial charge >= 0.3 is 0 Å². The van der Waals surface area contributed by atoms with Crippen molar-refractivity contribution in [2.75, 3.05) is 24.6 Å². The minimum atomic E-state index is -0.0428. The highest BCUT2D eigenvalue weighted by molar-refractivity contribution is 6.29. The summed E-state index contributed by atoms with van der Waals surface area (Å²) in [6.07, 6.45) is 4.35. The second-order valence-electron chi connectivity index (χ2n) is 8.77. The summed E-state index contributed by atoms with van der Waals surface area (Å²) in [6, 6.07) is 15.6. The fraction of sp³-hybridized carbons (Fsp3) is 0.400. The van der Waals surface area contributed by atoms with E-state index in [1.54, 1.807) is 23.7 Å². The second kappa shape index (κ2) is 8.94. The maximum absolute atomic E-state index is 12.6. The van der Waals surface area contributed by atoms with E-state index in [9.17, 15) is 4.79 Å². The topological polar surface area (TPSA) is 59.7 Å². The van der Waals surface area contributed by atoms with Gasteiger partial charge in [0.1, 0.15) is 17.3 Å². The molecule has 0 atom stereocenters. The van der Waals surface area contributed by atoms with Crippen LogP contribution in [-0.2, 0) is 11.9 Å². The Hall–Kier alpha value is -2.86. The average molecular weight is 451 g/mol. The summed E-state index contributed by atoms with van der Waals surface area (Å²) in [6.45, 7) is 2.34. The molecule has 1 aliphatic carbocycles. The largest absolute Gasteiger partial charge is 0.395 e. The fourth-order valence-corrected chi connectivity index (χ4v) is 4.54. The van der Waals surface area contributed by atoms with Crippen LogP contribution in [0.4, 0.5) is 5.69 Å². The smallest absolute Gasteiger partial charge is 0.252 e. The van der Waals surface area contributed by atoms with E-state index in [0.717, 1.165) is 53.9 Å². The number of nitrogens with zero attached hydrogens (tertiary/aromatic N) is 4. The molecule has 3 aromatic rings. The van der Waals surface area contributed by atoms with E-state index in [2.05, 4.69) is 27.2 Å². The predicted octanol–water partition coefficient (Wildman–Crippen LogP) is 4.63. The molecule has 0 bridgehead atoms. The third-order valence-corrected chi connectivity index (χ3v) is 6.71. The quantitative estimate of drug-likeness (QED) is 0.312. The van der Waals surface area contributed by atoms with E-state index in [4.69, 9.17) is 16.4 Å². The molecule has 2 aromatic heterocycles. The number of piperidine rings is 1. The summed E-state index contributed by atoms with van der Waals surface area (Å²) in [5, 5.41) is 5.03. The zero-order valence-corrected chi connectivity index (χ0v) is 19.0. The van der Waals surface area contributed by atoms with Crippen LogP contribution in [-0.4, -0.2) is 35.0 Å². The summed E-state index contributed by atoms with van der Waals surface area (Å²) in [5.41, 5.74) is 4.52. The number of hydrogen-bond acceptors (Lipinski definition) is 5. The minimum Gasteiger partial charge on any atom is -0.395 e. The molecule has 3 heterocycles. The number of rotatable bonds is 6. The number of anilines is 1. The minimum absolute atomic E-state index is 0.0428. The lowest BCUT2D eigenvalue weighted by atomic mass is 9.88. The van der Waals surface area contributed by atoms with Crippen LogP contribution in [0.15, 0.2) is 58.5 Å². The molecule has 5 rings (SSSR count). The molecule has 32 heavy (non-hydrogen) atoms. The van der Waals surface area contributed by atoms with Crippen LogP contribution in [0.2, 0.25) is 5.15 Å². The zero-order valence-electron chi connectivity index (χ0n) is 18.2. The molecule has 0 N–H and O–H groups in total. The maximum Gasteiger partial charge on any atom is 0.252 e. The van der Waals surface area contributed by atoms with Crippen molar-refractivity contribution in [3.05, 3.63) is 69.6 Å². The first-order valence-electron chi connectivity index (χ1n) is 11.3. The molecule has 2 aliphatic rings. The summed E-state index contributed by atoms with van der Waals surface area (Å²) in [5.74, 6) is 0.980. The Labute approximate surface area is 192 Å². The lowest BCUT2D eigenvalue weighted by Crippen LogP contribution is -2.37. The summed E-state index contributed by atoms with van der Waals surface area (Å²) in [4.78, 5) is 25.1. The molecule has 1 saturated carbocycles. The lowest BCUT2D eigenvalue weighted by Gasteiger charge is -2.34. The second-order valence-corrected chi connectivity index (χ2v) is 9.16. The number of fused-ring (bicyclic) bond motifs is 1. The Morgan fingerprint density at radius 1 is 1.12 bits per heavy atom. The fourth-order valence-electron chi connectivity index (χ4n) is 4.39. The van der Waals surface area contributed by atoms with Crippen LogP contribution in [0.5, 0.6) is 0 Å². The van der Waals surface area contributed by atoms with Crippen molar-refractivity contribution in [1.29, 1.82) is 0 Å². The van der Waals surface area contributed by atoms with Crippen LogP contribution in [0.25, 0.3) is 11.0 Å². The highest BCUT2D eigenvalue weighted by Gasteiger charge is 2.27. The number of aryl methyl sites for hydroxylation is 1. The van der Waals surface area contributed by atoms with Crippen molar-refractivity contribution >= 4 is 34.0 Å². The standard InChI is InChI=1S/C25H27ClN4O2/c1-29-20-9-10-22(26)27-25(20)21(15-23(29)31)30-13-11-19(12-14-30)24(18-5-3-2-4-6-18)28-32-16-17-7-8-17/h2-6,9-10,15,17,19H,7-8,11-14,16H2,1H3/b28-24+. The lowest BCUT2D eigenvalue weighted by molar-refractivity contribution is 0.132. The monoisotopic (exact) mass is 450 g/mol. The highest BCUT2D eigenvalue weighted by Crippen LogP contribution is 2.31. The summed E-state index contributed by atoms with van der Waals surface area (Å²) >= 11 is 6.18. The van der Waals surface area contributed by atoms with Gasteiger partial charge in [0.25, 0.3) is 5.56 Å². The van der Waals surface area contributed by atoms with E-state index in [0.29, 0.717) is 23.6 Å². The van der Waals surface area contributed by atoms with Crippen LogP contribution < -0.4 is 10.5 Å². The van der Waals surface area contributed by atoms with Gasteiger partial charge in [0, 0.05) is 32.1 Å². The number of aromatic nitrogens is 2. The Kier molecular flexibility index (Phi) is 5.87. The van der Waals surface area contributed by atoms with E-state index >= 15 is 0 Å². The molecule has 0 unspecified atom stereocenters. The van der Waals surface area contributed by atoms with Crippen molar-refractivity contribution in [3.8, 4) is 0 Å². The zero-order chi connectivity index (χ0) is 22.1. The van der Waals surface area contributed by atoms with Gasteiger partial charge in [-0.05, 0) is 49.3 Å². The normalized spacial score (nSPS) is 17.7. The Morgan fingerprint density at radius 3 is 2.59 bits per heavy atom.